The molecule has 3 nitrogen and oxygen atoms in total. The van der Waals surface area contributed by atoms with Gasteiger partial charge in [-0.3, -0.25) is 0 Å². The maximum atomic E-state index is 6.26. The molecule has 1 heterocycles. The van der Waals surface area contributed by atoms with Gasteiger partial charge < -0.3 is 10.3 Å². The molecule has 2 rings (SSSR count). The van der Waals surface area contributed by atoms with Crippen molar-refractivity contribution < 1.29 is 0 Å². The molecular weight excluding hydrogens is 222 g/mol. The minimum Gasteiger partial charge on any atom is -0.384 e. The van der Waals surface area contributed by atoms with Crippen molar-refractivity contribution in [3.8, 4) is 0 Å². The highest BCUT2D eigenvalue weighted by molar-refractivity contribution is 5.39. The smallest absolute Gasteiger partial charge is 0.127 e. The molecule has 100 valence electrons. The first kappa shape index (κ1) is 13.2. The minimum atomic E-state index is 0.593. The molecule has 2 N–H and O–H groups in total. The van der Waals surface area contributed by atoms with Crippen LogP contribution in [0, 0.1) is 5.92 Å². The Morgan fingerprint density at radius 3 is 2.67 bits per heavy atom. The van der Waals surface area contributed by atoms with Crippen molar-refractivity contribution in [2.75, 3.05) is 5.73 Å². The second-order valence-electron chi connectivity index (χ2n) is 5.78. The van der Waals surface area contributed by atoms with Crippen molar-refractivity contribution in [2.24, 2.45) is 5.92 Å². The quantitative estimate of drug-likeness (QED) is 0.809. The number of anilines is 1. The van der Waals surface area contributed by atoms with E-state index in [1.54, 1.807) is 0 Å². The Morgan fingerprint density at radius 1 is 1.44 bits per heavy atom. The zero-order valence-corrected chi connectivity index (χ0v) is 11.7. The summed E-state index contributed by atoms with van der Waals surface area (Å²) in [6.07, 6.45) is 8.05. The van der Waals surface area contributed by atoms with E-state index < -0.39 is 0 Å². The Balaban J connectivity index is 2.33. The van der Waals surface area contributed by atoms with Crippen LogP contribution in [0.25, 0.3) is 0 Å². The van der Waals surface area contributed by atoms with Crippen molar-refractivity contribution in [2.45, 2.75) is 58.4 Å². The zero-order chi connectivity index (χ0) is 13.1. The van der Waals surface area contributed by atoms with Crippen LogP contribution in [-0.2, 0) is 13.0 Å². The number of rotatable bonds is 5. The summed E-state index contributed by atoms with van der Waals surface area (Å²) in [6.45, 7) is 9.03. The number of nitrogens with zero attached hydrogens (tertiary/aromatic N) is 2. The molecule has 1 fully saturated rings. The molecule has 1 saturated carbocycles. The standard InChI is InChI=1S/C15H25N3/c1-4-9-18-14(16)13(10-11(2)3)17-15(18)12-7-5-6-8-12/h4,11-12H,1,5-10,16H2,2-3H3. The first-order valence-corrected chi connectivity index (χ1v) is 7.09. The highest BCUT2D eigenvalue weighted by Crippen LogP contribution is 2.35. The lowest BCUT2D eigenvalue weighted by molar-refractivity contribution is 0.612. The molecular formula is C15H25N3. The average molecular weight is 247 g/mol. The molecule has 0 aromatic carbocycles. The van der Waals surface area contributed by atoms with E-state index in [2.05, 4.69) is 25.0 Å². The van der Waals surface area contributed by atoms with Crippen LogP contribution in [-0.4, -0.2) is 9.55 Å². The number of nitrogen functional groups attached to an aromatic ring is 1. The molecule has 1 aliphatic rings. The Hall–Kier alpha value is -1.25. The normalized spacial score (nSPS) is 16.6. The van der Waals surface area contributed by atoms with Gasteiger partial charge in [-0.2, -0.15) is 0 Å². The molecule has 1 aromatic rings. The highest BCUT2D eigenvalue weighted by atomic mass is 15.1. The monoisotopic (exact) mass is 247 g/mol. The molecule has 1 aliphatic carbocycles. The Kier molecular flexibility index (Phi) is 4.10. The molecule has 0 saturated heterocycles. The SMILES string of the molecule is C=CCn1c(C2CCCC2)nc(CC(C)C)c1N. The molecule has 0 aliphatic heterocycles. The van der Waals surface area contributed by atoms with Crippen molar-refractivity contribution in [1.82, 2.24) is 9.55 Å². The fourth-order valence-corrected chi connectivity index (χ4v) is 2.89. The third-order valence-corrected chi connectivity index (χ3v) is 3.75. The van der Waals surface area contributed by atoms with Crippen molar-refractivity contribution >= 4 is 5.82 Å². The predicted molar refractivity (Wildman–Crippen MR) is 76.6 cm³/mol. The summed E-state index contributed by atoms with van der Waals surface area (Å²) in [4.78, 5) is 4.84. The number of hydrogen-bond donors (Lipinski definition) is 1. The molecule has 3 heteroatoms. The molecule has 0 bridgehead atoms. The van der Waals surface area contributed by atoms with Crippen LogP contribution < -0.4 is 5.73 Å². The highest BCUT2D eigenvalue weighted by Gasteiger charge is 2.24. The van der Waals surface area contributed by atoms with Gasteiger partial charge in [0.15, 0.2) is 0 Å². The van der Waals surface area contributed by atoms with Crippen LogP contribution in [0.5, 0.6) is 0 Å². The molecule has 0 atom stereocenters. The van der Waals surface area contributed by atoms with Gasteiger partial charge in [0.25, 0.3) is 0 Å². The van der Waals surface area contributed by atoms with E-state index in [4.69, 9.17) is 10.7 Å². The topological polar surface area (TPSA) is 43.8 Å². The lowest BCUT2D eigenvalue weighted by atomic mass is 10.1. The Morgan fingerprint density at radius 2 is 2.11 bits per heavy atom. The summed E-state index contributed by atoms with van der Waals surface area (Å²) in [5.41, 5.74) is 7.34. The molecule has 0 spiro atoms. The summed E-state index contributed by atoms with van der Waals surface area (Å²) in [5.74, 6) is 3.25. The van der Waals surface area contributed by atoms with Crippen LogP contribution in [0.1, 0.15) is 57.0 Å². The van der Waals surface area contributed by atoms with Gasteiger partial charge in [0.2, 0.25) is 0 Å². The Bertz CT molecular complexity index is 412. The van der Waals surface area contributed by atoms with Gasteiger partial charge in [0.05, 0.1) is 5.69 Å². The van der Waals surface area contributed by atoms with Gasteiger partial charge in [-0.05, 0) is 25.2 Å². The summed E-state index contributed by atoms with van der Waals surface area (Å²) in [5, 5.41) is 0. The molecule has 18 heavy (non-hydrogen) atoms. The van der Waals surface area contributed by atoms with Gasteiger partial charge in [-0.1, -0.05) is 32.8 Å². The number of aromatic nitrogens is 2. The number of imidazole rings is 1. The second kappa shape index (κ2) is 5.59. The van der Waals surface area contributed by atoms with E-state index in [0.717, 1.165) is 24.5 Å². The van der Waals surface area contributed by atoms with Crippen molar-refractivity contribution in [1.29, 1.82) is 0 Å². The average Bonchev–Trinajstić information content (AvgIpc) is 2.91. The fraction of sp³-hybridized carbons (Fsp3) is 0.667. The van der Waals surface area contributed by atoms with Gasteiger partial charge in [0.1, 0.15) is 11.6 Å². The van der Waals surface area contributed by atoms with E-state index in [1.807, 2.05) is 6.08 Å². The van der Waals surface area contributed by atoms with Gasteiger partial charge in [-0.25, -0.2) is 4.98 Å². The first-order valence-electron chi connectivity index (χ1n) is 7.09. The van der Waals surface area contributed by atoms with Gasteiger partial charge in [0, 0.05) is 12.5 Å². The van der Waals surface area contributed by atoms with E-state index in [-0.39, 0.29) is 0 Å². The molecule has 0 unspecified atom stereocenters. The lowest BCUT2D eigenvalue weighted by Crippen LogP contribution is -2.09. The third kappa shape index (κ3) is 2.60. The number of hydrogen-bond acceptors (Lipinski definition) is 2. The summed E-state index contributed by atoms with van der Waals surface area (Å²) in [6, 6.07) is 0. The minimum absolute atomic E-state index is 0.593. The summed E-state index contributed by atoms with van der Waals surface area (Å²) in [7, 11) is 0. The number of nitrogens with two attached hydrogens (primary N) is 1. The third-order valence-electron chi connectivity index (χ3n) is 3.75. The Labute approximate surface area is 110 Å². The molecule has 0 amide bonds. The maximum absolute atomic E-state index is 6.26. The molecule has 0 radical (unpaired) electrons. The first-order chi connectivity index (χ1) is 8.63. The fourth-order valence-electron chi connectivity index (χ4n) is 2.89. The van der Waals surface area contributed by atoms with Crippen LogP contribution >= 0.6 is 0 Å². The lowest BCUT2D eigenvalue weighted by Gasteiger charge is -2.11. The maximum Gasteiger partial charge on any atom is 0.127 e. The van der Waals surface area contributed by atoms with E-state index in [0.29, 0.717) is 11.8 Å². The molecule has 1 aromatic heterocycles. The summed E-state index contributed by atoms with van der Waals surface area (Å²) >= 11 is 0. The van der Waals surface area contributed by atoms with Gasteiger partial charge >= 0.3 is 0 Å². The largest absolute Gasteiger partial charge is 0.384 e. The number of allylic oxidation sites excluding steroid dienone is 1. The second-order valence-corrected chi connectivity index (χ2v) is 5.78. The van der Waals surface area contributed by atoms with Gasteiger partial charge in [-0.15, -0.1) is 6.58 Å². The van der Waals surface area contributed by atoms with Crippen LogP contribution in [0.15, 0.2) is 12.7 Å². The van der Waals surface area contributed by atoms with E-state index in [1.165, 1.54) is 31.5 Å². The van der Waals surface area contributed by atoms with Crippen LogP contribution in [0.3, 0.4) is 0 Å². The van der Waals surface area contributed by atoms with Crippen molar-refractivity contribution in [3.63, 3.8) is 0 Å². The van der Waals surface area contributed by atoms with Crippen LogP contribution in [0.2, 0.25) is 0 Å². The van der Waals surface area contributed by atoms with E-state index >= 15 is 0 Å². The van der Waals surface area contributed by atoms with E-state index in [9.17, 15) is 0 Å². The summed E-state index contributed by atoms with van der Waals surface area (Å²) < 4.78 is 2.17. The zero-order valence-electron chi connectivity index (χ0n) is 11.7. The van der Waals surface area contributed by atoms with Crippen molar-refractivity contribution in [3.05, 3.63) is 24.2 Å². The predicted octanol–water partition coefficient (Wildman–Crippen LogP) is 3.51. The van der Waals surface area contributed by atoms with Crippen LogP contribution in [0.4, 0.5) is 5.82 Å².